The van der Waals surface area contributed by atoms with E-state index in [1.54, 1.807) is 0 Å². The molecule has 0 aliphatic carbocycles. The Morgan fingerprint density at radius 2 is 1.94 bits per heavy atom. The molecule has 1 unspecified atom stereocenters. The summed E-state index contributed by atoms with van der Waals surface area (Å²) in [6, 6.07) is 8.76. The van der Waals surface area contributed by atoms with Crippen LogP contribution in [0.4, 0.5) is 0 Å². The Hall–Kier alpha value is -1.28. The van der Waals surface area contributed by atoms with Crippen LogP contribution in [-0.4, -0.2) is 13.7 Å². The van der Waals surface area contributed by atoms with Gasteiger partial charge in [-0.05, 0) is 51.1 Å². The van der Waals surface area contributed by atoms with E-state index in [9.17, 15) is 0 Å². The van der Waals surface area contributed by atoms with Gasteiger partial charge in [0.05, 0.1) is 0 Å². The summed E-state index contributed by atoms with van der Waals surface area (Å²) in [6.07, 6.45) is 3.17. The summed E-state index contributed by atoms with van der Waals surface area (Å²) in [7, 11) is 1.99. The summed E-state index contributed by atoms with van der Waals surface area (Å²) < 4.78 is 5.62. The molecule has 0 aromatic heterocycles. The molecule has 0 bridgehead atoms. The molecule has 1 aromatic rings. The smallest absolute Gasteiger partial charge is 0.119 e. The normalized spacial score (nSPS) is 12.0. The average Bonchev–Trinajstić information content (AvgIpc) is 2.32. The van der Waals surface area contributed by atoms with Crippen molar-refractivity contribution in [1.82, 2.24) is 5.32 Å². The number of ether oxygens (including phenoxy) is 1. The van der Waals surface area contributed by atoms with Gasteiger partial charge in [0.2, 0.25) is 0 Å². The third-order valence-corrected chi connectivity index (χ3v) is 2.78. The van der Waals surface area contributed by atoms with Gasteiger partial charge in [-0.3, -0.25) is 0 Å². The van der Waals surface area contributed by atoms with Crippen LogP contribution < -0.4 is 10.1 Å². The highest BCUT2D eigenvalue weighted by atomic mass is 16.5. The van der Waals surface area contributed by atoms with E-state index in [0.717, 1.165) is 12.2 Å². The van der Waals surface area contributed by atoms with Gasteiger partial charge in [0.15, 0.2) is 0 Å². The molecule has 0 saturated carbocycles. The molecule has 0 aliphatic rings. The van der Waals surface area contributed by atoms with E-state index in [1.165, 1.54) is 11.1 Å². The third-order valence-electron chi connectivity index (χ3n) is 2.78. The molecule has 2 heteroatoms. The first kappa shape index (κ1) is 13.8. The molecule has 1 N–H and O–H groups in total. The Kier molecular flexibility index (Phi) is 5.78. The summed E-state index contributed by atoms with van der Waals surface area (Å²) >= 11 is 0. The third kappa shape index (κ3) is 4.61. The second-order valence-corrected chi connectivity index (χ2v) is 4.41. The largest absolute Gasteiger partial charge is 0.490 e. The maximum Gasteiger partial charge on any atom is 0.119 e. The molecule has 17 heavy (non-hydrogen) atoms. The van der Waals surface area contributed by atoms with Crippen LogP contribution >= 0.6 is 0 Å². The van der Waals surface area contributed by atoms with Crippen molar-refractivity contribution < 1.29 is 4.74 Å². The van der Waals surface area contributed by atoms with Crippen LogP contribution in [-0.2, 0) is 0 Å². The number of benzene rings is 1. The molecule has 1 atom stereocenters. The molecule has 0 heterocycles. The first-order valence-electron chi connectivity index (χ1n) is 6.20. The number of hydrogen-bond acceptors (Lipinski definition) is 2. The van der Waals surface area contributed by atoms with Gasteiger partial charge >= 0.3 is 0 Å². The van der Waals surface area contributed by atoms with Crippen molar-refractivity contribution in [3.63, 3.8) is 0 Å². The zero-order valence-electron chi connectivity index (χ0n) is 11.3. The van der Waals surface area contributed by atoms with Crippen LogP contribution in [0.25, 0.3) is 0 Å². The molecule has 0 aliphatic heterocycles. The summed E-state index contributed by atoms with van der Waals surface area (Å²) in [5.41, 5.74) is 2.59. The van der Waals surface area contributed by atoms with Gasteiger partial charge in [0, 0.05) is 6.04 Å². The lowest BCUT2D eigenvalue weighted by atomic mass is 10.1. The minimum absolute atomic E-state index is 0.432. The van der Waals surface area contributed by atoms with Gasteiger partial charge in [-0.15, -0.1) is 0 Å². The van der Waals surface area contributed by atoms with Gasteiger partial charge in [0.25, 0.3) is 0 Å². The molecule has 1 rings (SSSR count). The van der Waals surface area contributed by atoms with Crippen molar-refractivity contribution >= 4 is 0 Å². The molecule has 0 saturated heterocycles. The number of nitrogens with one attached hydrogen (secondary N) is 1. The first-order chi connectivity index (χ1) is 8.17. The van der Waals surface area contributed by atoms with Crippen molar-refractivity contribution in [3.05, 3.63) is 41.5 Å². The lowest BCUT2D eigenvalue weighted by molar-refractivity contribution is 0.361. The predicted molar refractivity (Wildman–Crippen MR) is 73.5 cm³/mol. The summed E-state index contributed by atoms with van der Waals surface area (Å²) in [4.78, 5) is 0. The number of hydrogen-bond donors (Lipinski definition) is 1. The van der Waals surface area contributed by atoms with Crippen molar-refractivity contribution in [2.75, 3.05) is 13.7 Å². The van der Waals surface area contributed by atoms with E-state index < -0.39 is 0 Å². The lowest BCUT2D eigenvalue weighted by Gasteiger charge is -2.14. The van der Waals surface area contributed by atoms with Gasteiger partial charge in [-0.2, -0.15) is 0 Å². The highest BCUT2D eigenvalue weighted by Crippen LogP contribution is 2.19. The van der Waals surface area contributed by atoms with Crippen LogP contribution in [0.3, 0.4) is 0 Å². The second-order valence-electron chi connectivity index (χ2n) is 4.41. The van der Waals surface area contributed by atoms with Crippen LogP contribution in [0, 0.1) is 0 Å². The molecule has 1 aromatic carbocycles. The van der Waals surface area contributed by atoms with Gasteiger partial charge in [-0.1, -0.05) is 24.6 Å². The maximum absolute atomic E-state index is 5.62. The minimum atomic E-state index is 0.432. The molecule has 0 spiro atoms. The molecular formula is C15H23NO. The van der Waals surface area contributed by atoms with Crippen LogP contribution in [0.5, 0.6) is 5.75 Å². The lowest BCUT2D eigenvalue weighted by Crippen LogP contribution is -2.14. The fourth-order valence-electron chi connectivity index (χ4n) is 1.71. The monoisotopic (exact) mass is 233 g/mol. The standard InChI is InChI=1S/C15H23NO/c1-5-15(16-4)13-6-8-14(9-7-13)17-11-10-12(2)3/h6-10,15-16H,5,11H2,1-4H3. The molecular weight excluding hydrogens is 210 g/mol. The molecule has 0 radical (unpaired) electrons. The summed E-state index contributed by atoms with van der Waals surface area (Å²) in [5.74, 6) is 0.928. The molecule has 94 valence electrons. The van der Waals surface area contributed by atoms with E-state index >= 15 is 0 Å². The molecule has 0 amide bonds. The van der Waals surface area contributed by atoms with E-state index in [4.69, 9.17) is 4.74 Å². The Balaban J connectivity index is 2.58. The number of allylic oxidation sites excluding steroid dienone is 1. The van der Waals surface area contributed by atoms with Crippen molar-refractivity contribution in [2.45, 2.75) is 33.2 Å². The Morgan fingerprint density at radius 3 is 2.41 bits per heavy atom. The maximum atomic E-state index is 5.62. The van der Waals surface area contributed by atoms with E-state index in [-0.39, 0.29) is 0 Å². The Labute approximate surface area is 105 Å². The second kappa shape index (κ2) is 7.13. The Morgan fingerprint density at radius 1 is 1.29 bits per heavy atom. The molecule has 2 nitrogen and oxygen atoms in total. The SMILES string of the molecule is CCC(NC)c1ccc(OCC=C(C)C)cc1. The van der Waals surface area contributed by atoms with Crippen molar-refractivity contribution in [3.8, 4) is 5.75 Å². The summed E-state index contributed by atoms with van der Waals surface area (Å²) in [5, 5.41) is 3.30. The van der Waals surface area contributed by atoms with Crippen LogP contribution in [0.2, 0.25) is 0 Å². The fraction of sp³-hybridized carbons (Fsp3) is 0.467. The first-order valence-corrected chi connectivity index (χ1v) is 6.20. The number of rotatable bonds is 6. The highest BCUT2D eigenvalue weighted by molar-refractivity contribution is 5.29. The quantitative estimate of drug-likeness (QED) is 0.756. The van der Waals surface area contributed by atoms with Gasteiger partial charge < -0.3 is 10.1 Å². The fourth-order valence-corrected chi connectivity index (χ4v) is 1.71. The van der Waals surface area contributed by atoms with Crippen molar-refractivity contribution in [2.24, 2.45) is 0 Å². The van der Waals surface area contributed by atoms with E-state index in [0.29, 0.717) is 12.6 Å². The van der Waals surface area contributed by atoms with Gasteiger partial charge in [0.1, 0.15) is 12.4 Å². The zero-order chi connectivity index (χ0) is 12.7. The topological polar surface area (TPSA) is 21.3 Å². The molecule has 0 fully saturated rings. The van der Waals surface area contributed by atoms with Gasteiger partial charge in [-0.25, -0.2) is 0 Å². The Bertz CT molecular complexity index is 346. The van der Waals surface area contributed by atoms with Crippen molar-refractivity contribution in [1.29, 1.82) is 0 Å². The minimum Gasteiger partial charge on any atom is -0.490 e. The van der Waals surface area contributed by atoms with E-state index in [2.05, 4.69) is 44.3 Å². The van der Waals surface area contributed by atoms with E-state index in [1.807, 2.05) is 19.2 Å². The average molecular weight is 233 g/mol. The van der Waals surface area contributed by atoms with Crippen LogP contribution in [0.15, 0.2) is 35.9 Å². The highest BCUT2D eigenvalue weighted by Gasteiger charge is 2.05. The summed E-state index contributed by atoms with van der Waals surface area (Å²) in [6.45, 7) is 6.97. The zero-order valence-corrected chi connectivity index (χ0v) is 11.3. The van der Waals surface area contributed by atoms with Crippen LogP contribution in [0.1, 0.15) is 38.8 Å². The predicted octanol–water partition coefficient (Wildman–Crippen LogP) is 3.70.